The van der Waals surface area contributed by atoms with Crippen molar-refractivity contribution < 1.29 is 13.3 Å². The van der Waals surface area contributed by atoms with Gasteiger partial charge in [-0.15, -0.1) is 0 Å². The van der Waals surface area contributed by atoms with Crippen LogP contribution in [0.4, 0.5) is 5.69 Å². The molecule has 0 aliphatic heterocycles. The number of nitrogens with one attached hydrogen (secondary N) is 1. The van der Waals surface area contributed by atoms with Gasteiger partial charge in [0.25, 0.3) is 5.69 Å². The fourth-order valence-corrected chi connectivity index (χ4v) is 6.20. The van der Waals surface area contributed by atoms with Crippen LogP contribution in [-0.2, 0) is 16.6 Å². The maximum absolute atomic E-state index is 12.8. The molecule has 11 heteroatoms. The van der Waals surface area contributed by atoms with Crippen LogP contribution in [0, 0.1) is 10.1 Å². The van der Waals surface area contributed by atoms with Crippen molar-refractivity contribution in [3.8, 4) is 22.5 Å². The smallest absolute Gasteiger partial charge is 0.289 e. The molecule has 1 aromatic heterocycles. The van der Waals surface area contributed by atoms with Crippen LogP contribution in [0.5, 0.6) is 0 Å². The van der Waals surface area contributed by atoms with E-state index < -0.39 is 20.6 Å². The number of hydrogen-bond donors (Lipinski definition) is 1. The Bertz CT molecular complexity index is 1510. The lowest BCUT2D eigenvalue weighted by molar-refractivity contribution is -0.384. The molecule has 0 saturated heterocycles. The second-order valence-corrected chi connectivity index (χ2v) is 11.7. The molecule has 38 heavy (non-hydrogen) atoms. The second kappa shape index (κ2) is 12.6. The van der Waals surface area contributed by atoms with Crippen molar-refractivity contribution in [2.45, 2.75) is 36.4 Å². The van der Waals surface area contributed by atoms with Crippen molar-refractivity contribution in [3.63, 3.8) is 0 Å². The summed E-state index contributed by atoms with van der Waals surface area (Å²) in [5, 5.41) is 11.8. The molecular formula is C27H27ClN4O4S2. The number of imidazole rings is 1. The number of nitro groups is 1. The molecule has 0 saturated carbocycles. The molecule has 3 aromatic carbocycles. The molecule has 4 rings (SSSR count). The Labute approximate surface area is 231 Å². The lowest BCUT2D eigenvalue weighted by Gasteiger charge is -2.13. The van der Waals surface area contributed by atoms with Gasteiger partial charge in [0.2, 0.25) is 10.0 Å². The van der Waals surface area contributed by atoms with Crippen LogP contribution >= 0.6 is 23.4 Å². The number of halogens is 1. The first-order valence-corrected chi connectivity index (χ1v) is 14.9. The summed E-state index contributed by atoms with van der Waals surface area (Å²) >= 11 is 7.28. The second-order valence-electron chi connectivity index (χ2n) is 8.45. The summed E-state index contributed by atoms with van der Waals surface area (Å²) in [5.41, 5.74) is 3.52. The molecule has 0 unspecified atom stereocenters. The van der Waals surface area contributed by atoms with E-state index in [1.807, 2.05) is 48.5 Å². The van der Waals surface area contributed by atoms with Crippen molar-refractivity contribution in [2.75, 3.05) is 12.3 Å². The molecule has 0 amide bonds. The number of nitro benzene ring substituents is 1. The van der Waals surface area contributed by atoms with Crippen LogP contribution in [0.25, 0.3) is 22.5 Å². The van der Waals surface area contributed by atoms with E-state index >= 15 is 0 Å². The van der Waals surface area contributed by atoms with E-state index in [1.165, 1.54) is 23.9 Å². The van der Waals surface area contributed by atoms with Crippen LogP contribution < -0.4 is 4.72 Å². The Hall–Kier alpha value is -3.18. The molecule has 1 heterocycles. The third-order valence-electron chi connectivity index (χ3n) is 5.81. The van der Waals surface area contributed by atoms with E-state index in [-0.39, 0.29) is 16.5 Å². The topological polar surface area (TPSA) is 107 Å². The van der Waals surface area contributed by atoms with Gasteiger partial charge in [0.1, 0.15) is 5.02 Å². The highest BCUT2D eigenvalue weighted by molar-refractivity contribution is 7.99. The summed E-state index contributed by atoms with van der Waals surface area (Å²) in [6.07, 6.45) is 1.99. The predicted octanol–water partition coefficient (Wildman–Crippen LogP) is 6.65. The number of rotatable bonds is 12. The highest BCUT2D eigenvalue weighted by atomic mass is 35.5. The lowest BCUT2D eigenvalue weighted by Crippen LogP contribution is -2.26. The van der Waals surface area contributed by atoms with Gasteiger partial charge in [0.05, 0.1) is 21.2 Å². The van der Waals surface area contributed by atoms with Crippen LogP contribution in [-0.4, -0.2) is 35.2 Å². The van der Waals surface area contributed by atoms with E-state index in [1.54, 1.807) is 0 Å². The molecular weight excluding hydrogens is 544 g/mol. The minimum atomic E-state index is -3.95. The maximum atomic E-state index is 12.8. The number of benzene rings is 3. The first kappa shape index (κ1) is 27.8. The van der Waals surface area contributed by atoms with E-state index in [0.29, 0.717) is 5.75 Å². The molecule has 1 N–H and O–H groups in total. The number of thioether (sulfide) groups is 1. The van der Waals surface area contributed by atoms with Crippen molar-refractivity contribution in [2.24, 2.45) is 0 Å². The summed E-state index contributed by atoms with van der Waals surface area (Å²) in [6.45, 7) is 3.04. The standard InChI is InChI=1S/C27H27ClN4O4S2/c1-2-3-17-31-26(21-12-8-5-9-13-21)25(20-10-6-4-7-11-20)30-27(31)37-18-16-29-38(35,36)22-14-15-23(28)24(19-22)32(33)34/h4-15,19,29H,2-3,16-18H2,1H3. The van der Waals surface area contributed by atoms with Gasteiger partial charge in [-0.05, 0) is 18.6 Å². The minimum absolute atomic E-state index is 0.116. The number of aromatic nitrogens is 2. The average Bonchev–Trinajstić information content (AvgIpc) is 3.29. The van der Waals surface area contributed by atoms with Crippen molar-refractivity contribution in [3.05, 3.63) is 94.0 Å². The molecule has 0 aliphatic carbocycles. The summed E-state index contributed by atoms with van der Waals surface area (Å²) in [5.74, 6) is 0.417. The third-order valence-corrected chi connectivity index (χ3v) is 8.57. The first-order valence-electron chi connectivity index (χ1n) is 12.1. The van der Waals surface area contributed by atoms with Gasteiger partial charge in [-0.25, -0.2) is 18.1 Å². The number of nitrogens with zero attached hydrogens (tertiary/aromatic N) is 3. The Morgan fingerprint density at radius 2 is 1.68 bits per heavy atom. The van der Waals surface area contributed by atoms with Gasteiger partial charge in [-0.3, -0.25) is 10.1 Å². The Morgan fingerprint density at radius 3 is 2.32 bits per heavy atom. The van der Waals surface area contributed by atoms with Gasteiger partial charge in [0.15, 0.2) is 5.16 Å². The van der Waals surface area contributed by atoms with E-state index in [4.69, 9.17) is 16.6 Å². The van der Waals surface area contributed by atoms with Gasteiger partial charge in [-0.1, -0.05) is 97.4 Å². The van der Waals surface area contributed by atoms with Gasteiger partial charge in [0, 0.05) is 36.0 Å². The zero-order valence-electron chi connectivity index (χ0n) is 20.7. The van der Waals surface area contributed by atoms with Crippen LogP contribution in [0.15, 0.2) is 88.9 Å². The summed E-state index contributed by atoms with van der Waals surface area (Å²) in [7, 11) is -3.95. The van der Waals surface area contributed by atoms with Crippen LogP contribution in [0.1, 0.15) is 19.8 Å². The highest BCUT2D eigenvalue weighted by Crippen LogP contribution is 2.36. The molecule has 0 spiro atoms. The fourth-order valence-electron chi connectivity index (χ4n) is 3.95. The fraction of sp³-hybridized carbons (Fsp3) is 0.222. The number of hydrogen-bond acceptors (Lipinski definition) is 6. The quantitative estimate of drug-likeness (QED) is 0.0884. The number of unbranched alkanes of at least 4 members (excludes halogenated alkanes) is 1. The molecule has 4 aromatic rings. The molecule has 0 fully saturated rings. The third kappa shape index (κ3) is 6.44. The van der Waals surface area contributed by atoms with E-state index in [2.05, 4.69) is 28.3 Å². The Morgan fingerprint density at radius 1 is 1.03 bits per heavy atom. The normalized spacial score (nSPS) is 11.5. The average molecular weight is 571 g/mol. The van der Waals surface area contributed by atoms with E-state index in [0.717, 1.165) is 53.1 Å². The predicted molar refractivity (Wildman–Crippen MR) is 152 cm³/mol. The molecule has 198 valence electrons. The maximum Gasteiger partial charge on any atom is 0.289 e. The molecule has 0 bridgehead atoms. The van der Waals surface area contributed by atoms with Crippen molar-refractivity contribution in [1.82, 2.24) is 14.3 Å². The van der Waals surface area contributed by atoms with E-state index in [9.17, 15) is 18.5 Å². The highest BCUT2D eigenvalue weighted by Gasteiger charge is 2.22. The largest absolute Gasteiger partial charge is 0.318 e. The van der Waals surface area contributed by atoms with Gasteiger partial charge >= 0.3 is 0 Å². The molecule has 0 atom stereocenters. The summed E-state index contributed by atoms with van der Waals surface area (Å²) in [6, 6.07) is 23.6. The van der Waals surface area contributed by atoms with Crippen molar-refractivity contribution in [1.29, 1.82) is 0 Å². The lowest BCUT2D eigenvalue weighted by atomic mass is 10.0. The molecule has 0 radical (unpaired) electrons. The zero-order chi connectivity index (χ0) is 27.1. The monoisotopic (exact) mass is 570 g/mol. The molecule has 0 aliphatic rings. The SMILES string of the molecule is CCCCn1c(SCCNS(=O)(=O)c2ccc(Cl)c([N+](=O)[O-])c2)nc(-c2ccccc2)c1-c1ccccc1. The minimum Gasteiger partial charge on any atom is -0.318 e. The van der Waals surface area contributed by atoms with Gasteiger partial charge < -0.3 is 4.57 Å². The molecule has 8 nitrogen and oxygen atoms in total. The Kier molecular flexibility index (Phi) is 9.22. The van der Waals surface area contributed by atoms with Crippen molar-refractivity contribution >= 4 is 39.1 Å². The first-order chi connectivity index (χ1) is 18.3. The van der Waals surface area contributed by atoms with Crippen LogP contribution in [0.2, 0.25) is 5.02 Å². The van der Waals surface area contributed by atoms with Crippen LogP contribution in [0.3, 0.4) is 0 Å². The number of sulfonamides is 1. The summed E-state index contributed by atoms with van der Waals surface area (Å²) in [4.78, 5) is 15.2. The zero-order valence-corrected chi connectivity index (χ0v) is 23.1. The Balaban J connectivity index is 1.58. The summed E-state index contributed by atoms with van der Waals surface area (Å²) < 4.78 is 30.3. The van der Waals surface area contributed by atoms with Gasteiger partial charge in [-0.2, -0.15) is 0 Å².